The third kappa shape index (κ3) is 3.69. The monoisotopic (exact) mass is 316 g/mol. The number of rotatable bonds is 2. The van der Waals surface area contributed by atoms with Crippen LogP contribution in [0.25, 0.3) is 0 Å². The number of carbonyl (C=O) groups excluding carboxylic acids is 2. The molecule has 1 aromatic rings. The van der Waals surface area contributed by atoms with Gasteiger partial charge >= 0.3 is 12.3 Å². The Kier molecular flexibility index (Phi) is 4.58. The maximum absolute atomic E-state index is 12.6. The summed E-state index contributed by atoms with van der Waals surface area (Å²) in [5.41, 5.74) is -0.936. The lowest BCUT2D eigenvalue weighted by molar-refractivity contribution is -0.137. The van der Waals surface area contributed by atoms with Crippen LogP contribution in [0.2, 0.25) is 0 Å². The number of methoxy groups -OCH3 is 1. The Morgan fingerprint density at radius 1 is 1.36 bits per heavy atom. The summed E-state index contributed by atoms with van der Waals surface area (Å²) in [5.74, 6) is -0.595. The summed E-state index contributed by atoms with van der Waals surface area (Å²) in [6, 6.07) is 3.92. The van der Waals surface area contributed by atoms with E-state index in [1.807, 2.05) is 0 Å². The van der Waals surface area contributed by atoms with Gasteiger partial charge in [-0.05, 0) is 24.6 Å². The van der Waals surface area contributed by atoms with E-state index in [9.17, 15) is 22.8 Å². The second-order valence-electron chi connectivity index (χ2n) is 4.95. The minimum atomic E-state index is -4.49. The Morgan fingerprint density at radius 2 is 2.09 bits per heavy atom. The van der Waals surface area contributed by atoms with Crippen molar-refractivity contribution in [2.75, 3.05) is 20.2 Å². The lowest BCUT2D eigenvalue weighted by atomic mass is 10.1. The van der Waals surface area contributed by atoms with Gasteiger partial charge in [0.1, 0.15) is 0 Å². The summed E-state index contributed by atoms with van der Waals surface area (Å²) in [6.07, 6.45) is -4.46. The smallest absolute Gasteiger partial charge is 0.416 e. The van der Waals surface area contributed by atoms with Crippen molar-refractivity contribution in [3.8, 4) is 0 Å². The number of benzene rings is 1. The van der Waals surface area contributed by atoms with Crippen LogP contribution in [0.15, 0.2) is 24.3 Å². The first-order chi connectivity index (χ1) is 10.3. The van der Waals surface area contributed by atoms with Crippen molar-refractivity contribution in [2.45, 2.75) is 18.6 Å². The Hall–Kier alpha value is -2.25. The highest BCUT2D eigenvalue weighted by molar-refractivity contribution is 5.94. The van der Waals surface area contributed by atoms with Gasteiger partial charge in [-0.3, -0.25) is 4.79 Å². The molecule has 2 rings (SSSR count). The van der Waals surface area contributed by atoms with Crippen molar-refractivity contribution in [3.05, 3.63) is 35.4 Å². The first kappa shape index (κ1) is 16.1. The van der Waals surface area contributed by atoms with Gasteiger partial charge in [-0.25, -0.2) is 4.79 Å². The Balaban J connectivity index is 2.00. The van der Waals surface area contributed by atoms with Gasteiger partial charge in [-0.15, -0.1) is 0 Å². The third-order valence-electron chi connectivity index (χ3n) is 3.41. The second kappa shape index (κ2) is 6.25. The number of likely N-dealkylation sites (tertiary alicyclic amines) is 1. The van der Waals surface area contributed by atoms with Crippen LogP contribution in [0.5, 0.6) is 0 Å². The van der Waals surface area contributed by atoms with Crippen molar-refractivity contribution >= 4 is 12.0 Å². The van der Waals surface area contributed by atoms with Gasteiger partial charge in [0.05, 0.1) is 12.7 Å². The van der Waals surface area contributed by atoms with Crippen LogP contribution < -0.4 is 5.32 Å². The van der Waals surface area contributed by atoms with Crippen LogP contribution in [0.4, 0.5) is 18.0 Å². The fourth-order valence-corrected chi connectivity index (χ4v) is 2.28. The molecule has 1 aliphatic rings. The minimum Gasteiger partial charge on any atom is -0.453 e. The Morgan fingerprint density at radius 3 is 2.73 bits per heavy atom. The van der Waals surface area contributed by atoms with E-state index in [4.69, 9.17) is 0 Å². The van der Waals surface area contributed by atoms with E-state index >= 15 is 0 Å². The van der Waals surface area contributed by atoms with Gasteiger partial charge in [0, 0.05) is 24.7 Å². The van der Waals surface area contributed by atoms with Crippen molar-refractivity contribution in [1.82, 2.24) is 10.2 Å². The minimum absolute atomic E-state index is 0.0636. The number of carbonyl (C=O) groups is 2. The summed E-state index contributed by atoms with van der Waals surface area (Å²) in [5, 5.41) is 2.63. The predicted octanol–water partition coefficient (Wildman–Crippen LogP) is 2.28. The molecule has 1 N–H and O–H groups in total. The van der Waals surface area contributed by atoms with Gasteiger partial charge in [-0.2, -0.15) is 13.2 Å². The number of halogens is 3. The normalized spacial score (nSPS) is 18.2. The highest BCUT2D eigenvalue weighted by atomic mass is 19.4. The molecule has 1 fully saturated rings. The van der Waals surface area contributed by atoms with E-state index in [2.05, 4.69) is 10.1 Å². The molecule has 1 unspecified atom stereocenters. The summed E-state index contributed by atoms with van der Waals surface area (Å²) < 4.78 is 42.5. The zero-order valence-electron chi connectivity index (χ0n) is 11.8. The van der Waals surface area contributed by atoms with Crippen LogP contribution in [-0.4, -0.2) is 43.1 Å². The molecule has 22 heavy (non-hydrogen) atoms. The molecule has 8 heteroatoms. The van der Waals surface area contributed by atoms with Crippen LogP contribution in [0.1, 0.15) is 22.3 Å². The zero-order chi connectivity index (χ0) is 16.3. The van der Waals surface area contributed by atoms with Crippen LogP contribution in [0.3, 0.4) is 0 Å². The average Bonchev–Trinajstić information content (AvgIpc) is 2.94. The van der Waals surface area contributed by atoms with Gasteiger partial charge in [0.15, 0.2) is 0 Å². The molecule has 5 nitrogen and oxygen atoms in total. The molecule has 0 radical (unpaired) electrons. The second-order valence-corrected chi connectivity index (χ2v) is 4.95. The molecule has 2 amide bonds. The molecular formula is C14H15F3N2O3. The standard InChI is InChI=1S/C14H15F3N2O3/c1-22-13(21)19-6-5-11(8-19)18-12(20)9-3-2-4-10(7-9)14(15,16)17/h2-4,7,11H,5-6,8H2,1H3,(H,18,20). The molecule has 1 saturated heterocycles. The van der Waals surface area contributed by atoms with Gasteiger partial charge in [0.2, 0.25) is 0 Å². The zero-order valence-corrected chi connectivity index (χ0v) is 11.8. The van der Waals surface area contributed by atoms with Gasteiger partial charge < -0.3 is 15.0 Å². The van der Waals surface area contributed by atoms with Gasteiger partial charge in [0.25, 0.3) is 5.91 Å². The van der Waals surface area contributed by atoms with Gasteiger partial charge in [-0.1, -0.05) is 6.07 Å². The number of alkyl halides is 3. The number of amides is 2. The number of nitrogens with zero attached hydrogens (tertiary/aromatic N) is 1. The summed E-state index contributed by atoms with van der Waals surface area (Å²) in [7, 11) is 1.26. The van der Waals surface area contributed by atoms with E-state index < -0.39 is 23.7 Å². The first-order valence-electron chi connectivity index (χ1n) is 6.62. The van der Waals surface area contributed by atoms with E-state index in [1.54, 1.807) is 0 Å². The average molecular weight is 316 g/mol. The Labute approximate surface area is 125 Å². The highest BCUT2D eigenvalue weighted by Gasteiger charge is 2.32. The molecule has 1 aromatic carbocycles. The molecular weight excluding hydrogens is 301 g/mol. The van der Waals surface area contributed by atoms with Crippen molar-refractivity contribution < 1.29 is 27.5 Å². The van der Waals surface area contributed by atoms with Crippen molar-refractivity contribution in [2.24, 2.45) is 0 Å². The van der Waals surface area contributed by atoms with Crippen molar-refractivity contribution in [1.29, 1.82) is 0 Å². The Bertz CT molecular complexity index is 575. The molecule has 0 saturated carbocycles. The van der Waals surface area contributed by atoms with Crippen molar-refractivity contribution in [3.63, 3.8) is 0 Å². The molecule has 0 aliphatic carbocycles. The van der Waals surface area contributed by atoms with Crippen LogP contribution in [0, 0.1) is 0 Å². The number of hydrogen-bond donors (Lipinski definition) is 1. The van der Waals surface area contributed by atoms with E-state index in [-0.39, 0.29) is 18.2 Å². The maximum Gasteiger partial charge on any atom is 0.416 e. The maximum atomic E-state index is 12.6. The van der Waals surface area contributed by atoms with E-state index in [0.29, 0.717) is 13.0 Å². The topological polar surface area (TPSA) is 58.6 Å². The highest BCUT2D eigenvalue weighted by Crippen LogP contribution is 2.29. The predicted molar refractivity (Wildman–Crippen MR) is 71.3 cm³/mol. The number of nitrogens with one attached hydrogen (secondary N) is 1. The summed E-state index contributed by atoms with van der Waals surface area (Å²) >= 11 is 0. The molecule has 0 aromatic heterocycles. The van der Waals surface area contributed by atoms with E-state index in [0.717, 1.165) is 12.1 Å². The quantitative estimate of drug-likeness (QED) is 0.910. The molecule has 0 spiro atoms. The molecule has 0 bridgehead atoms. The molecule has 1 atom stereocenters. The molecule has 1 aliphatic heterocycles. The number of ether oxygens (including phenoxy) is 1. The summed E-state index contributed by atoms with van der Waals surface area (Å²) in [4.78, 5) is 24.8. The SMILES string of the molecule is COC(=O)N1CCC(NC(=O)c2cccc(C(F)(F)F)c2)C1. The van der Waals surface area contributed by atoms with Crippen LogP contribution in [-0.2, 0) is 10.9 Å². The largest absolute Gasteiger partial charge is 0.453 e. The molecule has 120 valence electrons. The third-order valence-corrected chi connectivity index (χ3v) is 3.41. The number of hydrogen-bond acceptors (Lipinski definition) is 3. The fourth-order valence-electron chi connectivity index (χ4n) is 2.28. The lowest BCUT2D eigenvalue weighted by Gasteiger charge is -2.16. The molecule has 1 heterocycles. The fraction of sp³-hybridized carbons (Fsp3) is 0.429. The van der Waals surface area contributed by atoms with Crippen LogP contribution >= 0.6 is 0 Å². The summed E-state index contributed by atoms with van der Waals surface area (Å²) in [6.45, 7) is 0.706. The lowest BCUT2D eigenvalue weighted by Crippen LogP contribution is -2.38. The first-order valence-corrected chi connectivity index (χ1v) is 6.62. The van der Waals surface area contributed by atoms with E-state index in [1.165, 1.54) is 24.1 Å².